The molecule has 1 aromatic rings. The van der Waals surface area contributed by atoms with Crippen molar-refractivity contribution in [1.29, 1.82) is 0 Å². The van der Waals surface area contributed by atoms with Gasteiger partial charge in [0, 0.05) is 25.2 Å². The second-order valence-corrected chi connectivity index (χ2v) is 5.41. The molecule has 0 atom stereocenters. The van der Waals surface area contributed by atoms with Gasteiger partial charge in [-0.1, -0.05) is 0 Å². The number of benzene rings is 1. The van der Waals surface area contributed by atoms with Crippen molar-refractivity contribution in [3.63, 3.8) is 0 Å². The molecule has 96 valence electrons. The average Bonchev–Trinajstić information content (AvgIpc) is 2.21. The Morgan fingerprint density at radius 2 is 1.94 bits per heavy atom. The maximum absolute atomic E-state index is 13.1. The van der Waals surface area contributed by atoms with Crippen LogP contribution in [0, 0.1) is 11.6 Å². The number of hydrogen-bond acceptors (Lipinski definition) is 3. The summed E-state index contributed by atoms with van der Waals surface area (Å²) in [6.45, 7) is 0.688. The zero-order valence-electron chi connectivity index (χ0n) is 9.33. The van der Waals surface area contributed by atoms with Crippen LogP contribution >= 0.6 is 0 Å². The molecule has 0 saturated heterocycles. The van der Waals surface area contributed by atoms with Crippen molar-refractivity contribution >= 4 is 10.0 Å². The van der Waals surface area contributed by atoms with E-state index in [9.17, 15) is 17.2 Å². The number of halogens is 2. The van der Waals surface area contributed by atoms with E-state index < -0.39 is 21.7 Å². The number of hydrogen-bond donors (Lipinski definition) is 2. The molecule has 0 amide bonds. The third-order valence-corrected chi connectivity index (χ3v) is 2.72. The van der Waals surface area contributed by atoms with E-state index in [2.05, 4.69) is 10.0 Å². The molecule has 0 aliphatic carbocycles. The van der Waals surface area contributed by atoms with Crippen LogP contribution in [0.5, 0.6) is 0 Å². The Labute approximate surface area is 99.1 Å². The topological polar surface area (TPSA) is 58.2 Å². The van der Waals surface area contributed by atoms with Crippen LogP contribution in [-0.4, -0.2) is 27.8 Å². The van der Waals surface area contributed by atoms with Gasteiger partial charge >= 0.3 is 0 Å². The minimum absolute atomic E-state index is 0.148. The largest absolute Gasteiger partial charge is 0.311 e. The van der Waals surface area contributed by atoms with Crippen molar-refractivity contribution in [2.24, 2.45) is 0 Å². The highest BCUT2D eigenvalue weighted by atomic mass is 32.2. The molecule has 0 bridgehead atoms. The molecule has 7 heteroatoms. The molecule has 0 saturated carbocycles. The molecular weight excluding hydrogens is 250 g/mol. The standard InChI is InChI=1S/C10H14F2N2O2S/c1-17(15,16)14-5-4-13-7-8-6-9(11)2-3-10(8)12/h2-3,6,13-14H,4-5,7H2,1H3. The van der Waals surface area contributed by atoms with Crippen molar-refractivity contribution in [1.82, 2.24) is 10.0 Å². The van der Waals surface area contributed by atoms with Crippen LogP contribution in [0.4, 0.5) is 8.78 Å². The van der Waals surface area contributed by atoms with Crippen LogP contribution in [-0.2, 0) is 16.6 Å². The van der Waals surface area contributed by atoms with E-state index >= 15 is 0 Å². The average molecular weight is 264 g/mol. The molecule has 17 heavy (non-hydrogen) atoms. The van der Waals surface area contributed by atoms with Crippen LogP contribution in [0.25, 0.3) is 0 Å². The molecule has 1 rings (SSSR count). The van der Waals surface area contributed by atoms with Gasteiger partial charge in [0.15, 0.2) is 0 Å². The van der Waals surface area contributed by atoms with Gasteiger partial charge in [-0.25, -0.2) is 21.9 Å². The van der Waals surface area contributed by atoms with Gasteiger partial charge < -0.3 is 5.32 Å². The predicted molar refractivity (Wildman–Crippen MR) is 60.9 cm³/mol. The van der Waals surface area contributed by atoms with E-state index in [4.69, 9.17) is 0 Å². The summed E-state index contributed by atoms with van der Waals surface area (Å²) in [6.07, 6.45) is 1.05. The Kier molecular flexibility index (Phi) is 4.98. The highest BCUT2D eigenvalue weighted by Gasteiger charge is 2.03. The first-order valence-electron chi connectivity index (χ1n) is 4.98. The molecule has 0 unspecified atom stereocenters. The summed E-state index contributed by atoms with van der Waals surface area (Å²) < 4.78 is 49.6. The molecule has 0 heterocycles. The number of nitrogens with one attached hydrogen (secondary N) is 2. The van der Waals surface area contributed by atoms with Gasteiger partial charge in [-0.2, -0.15) is 0 Å². The molecular formula is C10H14F2N2O2S. The van der Waals surface area contributed by atoms with E-state index in [0.29, 0.717) is 6.54 Å². The molecule has 0 aromatic heterocycles. The molecule has 1 aromatic carbocycles. The van der Waals surface area contributed by atoms with Crippen molar-refractivity contribution in [3.05, 3.63) is 35.4 Å². The predicted octanol–water partition coefficient (Wildman–Crippen LogP) is 0.604. The Hall–Kier alpha value is -1.05. The lowest BCUT2D eigenvalue weighted by molar-refractivity contribution is 0.563. The molecule has 2 N–H and O–H groups in total. The summed E-state index contributed by atoms with van der Waals surface area (Å²) in [5, 5.41) is 2.81. The zero-order chi connectivity index (χ0) is 12.9. The third kappa shape index (κ3) is 5.71. The fourth-order valence-electron chi connectivity index (χ4n) is 1.23. The SMILES string of the molecule is CS(=O)(=O)NCCNCc1cc(F)ccc1F. The number of rotatable bonds is 6. The van der Waals surface area contributed by atoms with Gasteiger partial charge in [0.25, 0.3) is 0 Å². The second kappa shape index (κ2) is 6.04. The molecule has 0 fully saturated rings. The molecule has 0 aliphatic heterocycles. The first kappa shape index (κ1) is 14.0. The van der Waals surface area contributed by atoms with Gasteiger partial charge in [0.1, 0.15) is 11.6 Å². The van der Waals surface area contributed by atoms with E-state index in [1.54, 1.807) is 0 Å². The smallest absolute Gasteiger partial charge is 0.208 e. The summed E-state index contributed by atoms with van der Waals surface area (Å²) in [5.41, 5.74) is 0.212. The Morgan fingerprint density at radius 3 is 2.59 bits per heavy atom. The van der Waals surface area contributed by atoms with Gasteiger partial charge in [-0.05, 0) is 18.2 Å². The van der Waals surface area contributed by atoms with Crippen LogP contribution < -0.4 is 10.0 Å². The Morgan fingerprint density at radius 1 is 1.24 bits per heavy atom. The molecule has 0 spiro atoms. The molecule has 0 aliphatic rings. The van der Waals surface area contributed by atoms with Crippen molar-refractivity contribution in [2.75, 3.05) is 19.3 Å². The van der Waals surface area contributed by atoms with E-state index in [0.717, 1.165) is 24.5 Å². The van der Waals surface area contributed by atoms with Crippen LogP contribution in [0.3, 0.4) is 0 Å². The summed E-state index contributed by atoms with van der Waals surface area (Å²) in [7, 11) is -3.21. The molecule has 0 radical (unpaired) electrons. The quantitative estimate of drug-likeness (QED) is 0.740. The van der Waals surface area contributed by atoms with Crippen LogP contribution in [0.2, 0.25) is 0 Å². The monoisotopic (exact) mass is 264 g/mol. The number of sulfonamides is 1. The molecule has 4 nitrogen and oxygen atoms in total. The normalized spacial score (nSPS) is 11.7. The minimum Gasteiger partial charge on any atom is -0.311 e. The Balaban J connectivity index is 2.34. The van der Waals surface area contributed by atoms with Gasteiger partial charge in [0.2, 0.25) is 10.0 Å². The highest BCUT2D eigenvalue weighted by Crippen LogP contribution is 2.08. The third-order valence-electron chi connectivity index (χ3n) is 1.99. The van der Waals surface area contributed by atoms with E-state index in [-0.39, 0.29) is 18.7 Å². The fraction of sp³-hybridized carbons (Fsp3) is 0.400. The van der Waals surface area contributed by atoms with Crippen LogP contribution in [0.1, 0.15) is 5.56 Å². The van der Waals surface area contributed by atoms with Crippen molar-refractivity contribution in [3.8, 4) is 0 Å². The van der Waals surface area contributed by atoms with Gasteiger partial charge in [-0.3, -0.25) is 0 Å². The fourth-order valence-corrected chi connectivity index (χ4v) is 1.70. The maximum Gasteiger partial charge on any atom is 0.208 e. The summed E-state index contributed by atoms with van der Waals surface area (Å²) in [5.74, 6) is -0.993. The van der Waals surface area contributed by atoms with Crippen molar-refractivity contribution in [2.45, 2.75) is 6.54 Å². The Bertz CT molecular complexity index is 477. The first-order valence-corrected chi connectivity index (χ1v) is 6.87. The minimum atomic E-state index is -3.21. The van der Waals surface area contributed by atoms with Crippen molar-refractivity contribution < 1.29 is 17.2 Å². The highest BCUT2D eigenvalue weighted by molar-refractivity contribution is 7.88. The summed E-state index contributed by atoms with van der Waals surface area (Å²) >= 11 is 0. The van der Waals surface area contributed by atoms with E-state index in [1.807, 2.05) is 0 Å². The van der Waals surface area contributed by atoms with Gasteiger partial charge in [0.05, 0.1) is 6.26 Å². The van der Waals surface area contributed by atoms with E-state index in [1.165, 1.54) is 0 Å². The first-order chi connectivity index (χ1) is 7.88. The summed E-state index contributed by atoms with van der Waals surface area (Å²) in [4.78, 5) is 0. The maximum atomic E-state index is 13.1. The lowest BCUT2D eigenvalue weighted by Gasteiger charge is -2.06. The lowest BCUT2D eigenvalue weighted by atomic mass is 10.2. The lowest BCUT2D eigenvalue weighted by Crippen LogP contribution is -2.30. The van der Waals surface area contributed by atoms with Crippen LogP contribution in [0.15, 0.2) is 18.2 Å². The van der Waals surface area contributed by atoms with Gasteiger partial charge in [-0.15, -0.1) is 0 Å². The summed E-state index contributed by atoms with van der Waals surface area (Å²) in [6, 6.07) is 3.21. The zero-order valence-corrected chi connectivity index (χ0v) is 10.2. The second-order valence-electron chi connectivity index (χ2n) is 3.58.